The molecule has 1 atom stereocenters. The molecule has 1 fully saturated rings. The molecule has 0 unspecified atom stereocenters. The van der Waals surface area contributed by atoms with Crippen molar-refractivity contribution in [2.45, 2.75) is 39.2 Å². The smallest absolute Gasteiger partial charge is 0.271 e. The van der Waals surface area contributed by atoms with E-state index in [-0.39, 0.29) is 5.56 Å². The second-order valence-electron chi connectivity index (χ2n) is 6.45. The van der Waals surface area contributed by atoms with Gasteiger partial charge in [0.05, 0.1) is 18.0 Å². The Balaban J connectivity index is 1.53. The summed E-state index contributed by atoms with van der Waals surface area (Å²) in [6.07, 6.45) is 3.66. The number of nitrogens with zero attached hydrogens (tertiary/aromatic N) is 3. The maximum atomic E-state index is 11.9. The Labute approximate surface area is 142 Å². The molecular formula is C19H25N3O2. The lowest BCUT2D eigenvalue weighted by Gasteiger charge is -2.20. The summed E-state index contributed by atoms with van der Waals surface area (Å²) in [6, 6.07) is 11.5. The largest absolute Gasteiger partial charge is 0.494 e. The number of ether oxygens (including phenoxy) is 1. The summed E-state index contributed by atoms with van der Waals surface area (Å²) in [5, 5.41) is 4.26. The summed E-state index contributed by atoms with van der Waals surface area (Å²) in [7, 11) is 0. The molecule has 3 rings (SSSR count). The van der Waals surface area contributed by atoms with Crippen LogP contribution in [-0.4, -0.2) is 40.4 Å². The predicted octanol–water partition coefficient (Wildman–Crippen LogP) is 2.79. The highest BCUT2D eigenvalue weighted by Gasteiger charge is 2.18. The van der Waals surface area contributed by atoms with E-state index in [0.717, 1.165) is 30.1 Å². The van der Waals surface area contributed by atoms with Crippen molar-refractivity contribution in [1.82, 2.24) is 14.7 Å². The number of hydrogen-bond acceptors (Lipinski definition) is 4. The molecule has 0 saturated carbocycles. The average Bonchev–Trinajstić information content (AvgIpc) is 3.00. The summed E-state index contributed by atoms with van der Waals surface area (Å²) in [4.78, 5) is 14.4. The van der Waals surface area contributed by atoms with Crippen LogP contribution in [-0.2, 0) is 0 Å². The van der Waals surface area contributed by atoms with Crippen molar-refractivity contribution in [1.29, 1.82) is 0 Å². The van der Waals surface area contributed by atoms with Gasteiger partial charge in [0.1, 0.15) is 5.75 Å². The van der Waals surface area contributed by atoms with Crippen LogP contribution in [0.15, 0.2) is 41.2 Å². The fourth-order valence-corrected chi connectivity index (χ4v) is 3.15. The summed E-state index contributed by atoms with van der Waals surface area (Å²) in [6.45, 7) is 7.20. The monoisotopic (exact) mass is 327 g/mol. The molecule has 0 aliphatic carbocycles. The van der Waals surface area contributed by atoms with Crippen molar-refractivity contribution in [3.05, 3.63) is 52.4 Å². The van der Waals surface area contributed by atoms with Gasteiger partial charge in [0.2, 0.25) is 0 Å². The lowest BCUT2D eigenvalue weighted by Crippen LogP contribution is -2.28. The van der Waals surface area contributed by atoms with E-state index in [1.165, 1.54) is 30.1 Å². The van der Waals surface area contributed by atoms with Crippen LogP contribution in [0.4, 0.5) is 0 Å². The lowest BCUT2D eigenvalue weighted by atomic mass is 10.2. The van der Waals surface area contributed by atoms with Crippen molar-refractivity contribution in [3.63, 3.8) is 0 Å². The molecule has 1 aromatic heterocycles. The average molecular weight is 327 g/mol. The number of likely N-dealkylation sites (tertiary alicyclic amines) is 1. The number of rotatable bonds is 6. The van der Waals surface area contributed by atoms with Crippen LogP contribution in [0.25, 0.3) is 5.69 Å². The highest BCUT2D eigenvalue weighted by atomic mass is 16.5. The second kappa shape index (κ2) is 7.62. The van der Waals surface area contributed by atoms with Gasteiger partial charge in [0.15, 0.2) is 0 Å². The first-order chi connectivity index (χ1) is 11.6. The van der Waals surface area contributed by atoms with Crippen LogP contribution < -0.4 is 10.3 Å². The van der Waals surface area contributed by atoms with Gasteiger partial charge in [-0.1, -0.05) is 0 Å². The first-order valence-corrected chi connectivity index (χ1v) is 8.68. The normalized spacial score (nSPS) is 18.0. The third-order valence-electron chi connectivity index (χ3n) is 4.56. The maximum Gasteiger partial charge on any atom is 0.271 e. The van der Waals surface area contributed by atoms with E-state index in [1.807, 2.05) is 31.2 Å². The fraction of sp³-hybridized carbons (Fsp3) is 0.474. The summed E-state index contributed by atoms with van der Waals surface area (Å²) >= 11 is 0. The first-order valence-electron chi connectivity index (χ1n) is 8.68. The molecule has 0 spiro atoms. The highest BCUT2D eigenvalue weighted by Crippen LogP contribution is 2.17. The molecule has 2 aromatic rings. The Hall–Kier alpha value is -2.14. The predicted molar refractivity (Wildman–Crippen MR) is 95.0 cm³/mol. The number of hydrogen-bond donors (Lipinski definition) is 0. The highest BCUT2D eigenvalue weighted by molar-refractivity contribution is 5.36. The first kappa shape index (κ1) is 16.7. The van der Waals surface area contributed by atoms with Gasteiger partial charge in [0.25, 0.3) is 5.56 Å². The zero-order chi connectivity index (χ0) is 16.9. The summed E-state index contributed by atoms with van der Waals surface area (Å²) in [5.74, 6) is 0.828. The van der Waals surface area contributed by atoms with Gasteiger partial charge in [-0.05, 0) is 70.0 Å². The molecule has 24 heavy (non-hydrogen) atoms. The summed E-state index contributed by atoms with van der Waals surface area (Å²) < 4.78 is 7.22. The molecule has 5 heteroatoms. The quantitative estimate of drug-likeness (QED) is 0.766. The molecule has 5 nitrogen and oxygen atoms in total. The third-order valence-corrected chi connectivity index (χ3v) is 4.56. The number of aromatic nitrogens is 2. The Kier molecular flexibility index (Phi) is 5.30. The van der Waals surface area contributed by atoms with Crippen molar-refractivity contribution < 1.29 is 4.74 Å². The number of aryl methyl sites for hydroxylation is 1. The van der Waals surface area contributed by atoms with Crippen molar-refractivity contribution in [2.75, 3.05) is 19.7 Å². The van der Waals surface area contributed by atoms with Gasteiger partial charge in [-0.25, -0.2) is 0 Å². The van der Waals surface area contributed by atoms with E-state index in [4.69, 9.17) is 4.74 Å². The Bertz CT molecular complexity index is 724. The zero-order valence-electron chi connectivity index (χ0n) is 14.4. The summed E-state index contributed by atoms with van der Waals surface area (Å²) in [5.41, 5.74) is 1.43. The molecule has 2 heterocycles. The van der Waals surface area contributed by atoms with E-state index >= 15 is 0 Å². The molecule has 1 aliphatic heterocycles. The Morgan fingerprint density at radius 1 is 1.21 bits per heavy atom. The molecular weight excluding hydrogens is 302 g/mol. The Morgan fingerprint density at radius 3 is 2.71 bits per heavy atom. The van der Waals surface area contributed by atoms with Crippen LogP contribution in [0, 0.1) is 6.92 Å². The van der Waals surface area contributed by atoms with Gasteiger partial charge >= 0.3 is 0 Å². The number of benzene rings is 1. The standard InChI is InChI=1S/C19H25N3O2/c1-15-6-11-19(23)22(20-15)17-7-9-18(10-8-17)24-14-4-13-21-12-3-5-16(21)2/h6-11,16H,3-5,12-14H2,1-2H3/t16-/m1/s1. The second-order valence-corrected chi connectivity index (χ2v) is 6.45. The van der Waals surface area contributed by atoms with Crippen LogP contribution >= 0.6 is 0 Å². The van der Waals surface area contributed by atoms with Crippen molar-refractivity contribution >= 4 is 0 Å². The third kappa shape index (κ3) is 4.03. The molecule has 128 valence electrons. The maximum absolute atomic E-state index is 11.9. The lowest BCUT2D eigenvalue weighted by molar-refractivity contribution is 0.230. The Morgan fingerprint density at radius 2 is 2.00 bits per heavy atom. The molecule has 1 aromatic carbocycles. The molecule has 1 saturated heterocycles. The van der Waals surface area contributed by atoms with E-state index in [9.17, 15) is 4.79 Å². The van der Waals surface area contributed by atoms with E-state index in [0.29, 0.717) is 12.6 Å². The van der Waals surface area contributed by atoms with Gasteiger partial charge in [0, 0.05) is 18.7 Å². The SMILES string of the molecule is Cc1ccc(=O)n(-c2ccc(OCCCN3CCC[C@H]3C)cc2)n1. The minimum Gasteiger partial charge on any atom is -0.494 e. The molecule has 1 aliphatic rings. The topological polar surface area (TPSA) is 47.4 Å². The van der Waals surface area contributed by atoms with Crippen LogP contribution in [0.2, 0.25) is 0 Å². The fourth-order valence-electron chi connectivity index (χ4n) is 3.15. The minimum atomic E-state index is -0.131. The van der Waals surface area contributed by atoms with Gasteiger partial charge in [-0.2, -0.15) is 9.78 Å². The minimum absolute atomic E-state index is 0.131. The van der Waals surface area contributed by atoms with Gasteiger partial charge in [-0.3, -0.25) is 4.79 Å². The van der Waals surface area contributed by atoms with E-state index in [2.05, 4.69) is 16.9 Å². The zero-order valence-corrected chi connectivity index (χ0v) is 14.4. The van der Waals surface area contributed by atoms with Crippen LogP contribution in [0.1, 0.15) is 31.9 Å². The van der Waals surface area contributed by atoms with Gasteiger partial charge < -0.3 is 9.64 Å². The van der Waals surface area contributed by atoms with Crippen LogP contribution in [0.3, 0.4) is 0 Å². The van der Waals surface area contributed by atoms with E-state index < -0.39 is 0 Å². The van der Waals surface area contributed by atoms with Gasteiger partial charge in [-0.15, -0.1) is 0 Å². The van der Waals surface area contributed by atoms with Crippen molar-refractivity contribution in [3.8, 4) is 11.4 Å². The molecule has 0 radical (unpaired) electrons. The van der Waals surface area contributed by atoms with Crippen molar-refractivity contribution in [2.24, 2.45) is 0 Å². The van der Waals surface area contributed by atoms with E-state index in [1.54, 1.807) is 6.07 Å². The molecule has 0 bridgehead atoms. The molecule has 0 N–H and O–H groups in total. The molecule has 0 amide bonds. The van der Waals surface area contributed by atoms with Crippen LogP contribution in [0.5, 0.6) is 5.75 Å².